The smallest absolute Gasteiger partial charge is 0.128 e. The largest absolute Gasteiger partial charge is 0.370 e. The fourth-order valence-electron chi connectivity index (χ4n) is 1.48. The van der Waals surface area contributed by atoms with E-state index in [0.717, 1.165) is 31.1 Å². The van der Waals surface area contributed by atoms with Gasteiger partial charge in [-0.1, -0.05) is 19.1 Å². The van der Waals surface area contributed by atoms with Crippen molar-refractivity contribution in [3.05, 3.63) is 40.6 Å². The van der Waals surface area contributed by atoms with Crippen LogP contribution in [-0.4, -0.2) is 11.5 Å². The highest BCUT2D eigenvalue weighted by atomic mass is 32.1. The number of aromatic nitrogens is 1. The topological polar surface area (TPSA) is 37.0 Å². The Bertz CT molecular complexity index is 440. The summed E-state index contributed by atoms with van der Waals surface area (Å²) in [6.45, 7) is 3.94. The number of thiophene rings is 1. The molecule has 4 heteroatoms. The van der Waals surface area contributed by atoms with E-state index < -0.39 is 0 Å². The number of hydrogen-bond donors (Lipinski definition) is 2. The Kier molecular flexibility index (Phi) is 4.38. The average Bonchev–Trinajstić information content (AvgIpc) is 2.87. The number of nitrogens with zero attached hydrogens (tertiary/aromatic N) is 1. The van der Waals surface area contributed by atoms with Crippen LogP contribution in [0.25, 0.3) is 0 Å². The highest BCUT2D eigenvalue weighted by Crippen LogP contribution is 2.13. The van der Waals surface area contributed by atoms with Crippen molar-refractivity contribution in [1.82, 2.24) is 4.98 Å². The highest BCUT2D eigenvalue weighted by Gasteiger charge is 1.97. The summed E-state index contributed by atoms with van der Waals surface area (Å²) < 4.78 is 0. The third kappa shape index (κ3) is 3.75. The lowest BCUT2D eigenvalue weighted by atomic mass is 10.4. The van der Waals surface area contributed by atoms with Crippen molar-refractivity contribution in [3.63, 3.8) is 0 Å². The molecule has 0 saturated carbocycles. The molecule has 0 amide bonds. The van der Waals surface area contributed by atoms with E-state index in [1.165, 1.54) is 4.88 Å². The van der Waals surface area contributed by atoms with Gasteiger partial charge in [-0.15, -0.1) is 11.3 Å². The van der Waals surface area contributed by atoms with E-state index >= 15 is 0 Å². The van der Waals surface area contributed by atoms with E-state index in [0.29, 0.717) is 0 Å². The lowest BCUT2D eigenvalue weighted by Crippen LogP contribution is -2.04. The highest BCUT2D eigenvalue weighted by molar-refractivity contribution is 7.09. The van der Waals surface area contributed by atoms with Crippen LogP contribution >= 0.6 is 11.3 Å². The van der Waals surface area contributed by atoms with Crippen molar-refractivity contribution < 1.29 is 0 Å². The van der Waals surface area contributed by atoms with Crippen molar-refractivity contribution in [1.29, 1.82) is 0 Å². The van der Waals surface area contributed by atoms with Crippen LogP contribution in [0.5, 0.6) is 0 Å². The number of rotatable bonds is 6. The van der Waals surface area contributed by atoms with Crippen LogP contribution in [0.1, 0.15) is 18.2 Å². The van der Waals surface area contributed by atoms with Crippen LogP contribution in [0.4, 0.5) is 11.6 Å². The minimum absolute atomic E-state index is 0.835. The Morgan fingerprint density at radius 3 is 2.65 bits per heavy atom. The fraction of sp³-hybridized carbons (Fsp3) is 0.308. The van der Waals surface area contributed by atoms with E-state index in [1.54, 1.807) is 11.3 Å². The first-order chi connectivity index (χ1) is 8.38. The Hall–Kier alpha value is -1.55. The van der Waals surface area contributed by atoms with Gasteiger partial charge in [0.25, 0.3) is 0 Å². The molecule has 0 aliphatic rings. The molecule has 0 radical (unpaired) electrons. The molecule has 90 valence electrons. The van der Waals surface area contributed by atoms with E-state index in [-0.39, 0.29) is 0 Å². The van der Waals surface area contributed by atoms with E-state index in [2.05, 4.69) is 40.1 Å². The number of pyridine rings is 1. The maximum atomic E-state index is 4.49. The monoisotopic (exact) mass is 247 g/mol. The molecule has 0 fully saturated rings. The number of nitrogens with one attached hydrogen (secondary N) is 2. The van der Waals surface area contributed by atoms with Crippen molar-refractivity contribution in [2.24, 2.45) is 0 Å². The Morgan fingerprint density at radius 2 is 1.94 bits per heavy atom. The summed E-state index contributed by atoms with van der Waals surface area (Å²) in [5.74, 6) is 1.85. The second-order valence-electron chi connectivity index (χ2n) is 3.77. The maximum absolute atomic E-state index is 4.49. The summed E-state index contributed by atoms with van der Waals surface area (Å²) >= 11 is 1.75. The first-order valence-electron chi connectivity index (χ1n) is 5.85. The predicted octanol–water partition coefficient (Wildman–Crippen LogP) is 3.58. The Morgan fingerprint density at radius 1 is 1.12 bits per heavy atom. The zero-order valence-electron chi connectivity index (χ0n) is 9.94. The molecule has 0 aromatic carbocycles. The minimum Gasteiger partial charge on any atom is -0.370 e. The predicted molar refractivity (Wildman–Crippen MR) is 74.7 cm³/mol. The van der Waals surface area contributed by atoms with Crippen LogP contribution < -0.4 is 10.6 Å². The molecule has 17 heavy (non-hydrogen) atoms. The molecule has 0 unspecified atom stereocenters. The van der Waals surface area contributed by atoms with Crippen molar-refractivity contribution >= 4 is 23.0 Å². The fourth-order valence-corrected chi connectivity index (χ4v) is 2.12. The SMILES string of the molecule is CCCNc1cccc(NCc2cccs2)n1. The summed E-state index contributed by atoms with van der Waals surface area (Å²) in [5.41, 5.74) is 0. The Balaban J connectivity index is 1.91. The van der Waals surface area contributed by atoms with E-state index in [4.69, 9.17) is 0 Å². The molecule has 2 heterocycles. The summed E-state index contributed by atoms with van der Waals surface area (Å²) in [7, 11) is 0. The Labute approximate surface area is 106 Å². The molecule has 0 bridgehead atoms. The quantitative estimate of drug-likeness (QED) is 0.819. The zero-order chi connectivity index (χ0) is 11.9. The second-order valence-corrected chi connectivity index (χ2v) is 4.80. The van der Waals surface area contributed by atoms with Crippen LogP contribution in [0.2, 0.25) is 0 Å². The number of anilines is 2. The molecule has 2 N–H and O–H groups in total. The van der Waals surface area contributed by atoms with Gasteiger partial charge >= 0.3 is 0 Å². The number of hydrogen-bond acceptors (Lipinski definition) is 4. The summed E-state index contributed by atoms with van der Waals surface area (Å²) in [6.07, 6.45) is 1.11. The first kappa shape index (κ1) is 11.9. The summed E-state index contributed by atoms with van der Waals surface area (Å²) in [5, 5.41) is 8.69. The zero-order valence-corrected chi connectivity index (χ0v) is 10.8. The van der Waals surface area contributed by atoms with Crippen molar-refractivity contribution in [2.75, 3.05) is 17.2 Å². The van der Waals surface area contributed by atoms with Crippen molar-refractivity contribution in [2.45, 2.75) is 19.9 Å². The van der Waals surface area contributed by atoms with Gasteiger partial charge in [0.15, 0.2) is 0 Å². The average molecular weight is 247 g/mol. The summed E-state index contributed by atoms with van der Waals surface area (Å²) in [6, 6.07) is 10.2. The molecule has 2 rings (SSSR count). The lowest BCUT2D eigenvalue weighted by Gasteiger charge is -2.07. The lowest BCUT2D eigenvalue weighted by molar-refractivity contribution is 0.968. The van der Waals surface area contributed by atoms with Gasteiger partial charge in [-0.2, -0.15) is 0 Å². The van der Waals surface area contributed by atoms with Crippen LogP contribution in [0.15, 0.2) is 35.7 Å². The standard InChI is InChI=1S/C13H17N3S/c1-2-8-14-12-6-3-7-13(16-12)15-10-11-5-4-9-17-11/h3-7,9H,2,8,10H2,1H3,(H2,14,15,16). The van der Waals surface area contributed by atoms with Gasteiger partial charge in [-0.3, -0.25) is 0 Å². The molecule has 0 atom stereocenters. The van der Waals surface area contributed by atoms with E-state index in [1.807, 2.05) is 18.2 Å². The molecule has 2 aromatic heterocycles. The van der Waals surface area contributed by atoms with Gasteiger partial charge in [0, 0.05) is 11.4 Å². The van der Waals surface area contributed by atoms with Gasteiger partial charge in [0.1, 0.15) is 11.6 Å². The third-order valence-corrected chi connectivity index (χ3v) is 3.21. The maximum Gasteiger partial charge on any atom is 0.128 e. The molecule has 0 aliphatic heterocycles. The van der Waals surface area contributed by atoms with Crippen LogP contribution in [0.3, 0.4) is 0 Å². The van der Waals surface area contributed by atoms with E-state index in [9.17, 15) is 0 Å². The molecule has 0 aliphatic carbocycles. The third-order valence-electron chi connectivity index (χ3n) is 2.33. The molecular weight excluding hydrogens is 230 g/mol. The van der Waals surface area contributed by atoms with Crippen LogP contribution in [0, 0.1) is 0 Å². The van der Waals surface area contributed by atoms with Gasteiger partial charge in [0.2, 0.25) is 0 Å². The van der Waals surface area contributed by atoms with Crippen LogP contribution in [-0.2, 0) is 6.54 Å². The first-order valence-corrected chi connectivity index (χ1v) is 6.73. The van der Waals surface area contributed by atoms with Crippen molar-refractivity contribution in [3.8, 4) is 0 Å². The molecular formula is C13H17N3S. The molecule has 0 saturated heterocycles. The van der Waals surface area contributed by atoms with Gasteiger partial charge in [-0.25, -0.2) is 4.98 Å². The normalized spacial score (nSPS) is 10.2. The second kappa shape index (κ2) is 6.25. The van der Waals surface area contributed by atoms with Gasteiger partial charge in [-0.05, 0) is 30.0 Å². The summed E-state index contributed by atoms with van der Waals surface area (Å²) in [4.78, 5) is 5.81. The molecule has 0 spiro atoms. The molecule has 3 nitrogen and oxygen atoms in total. The van der Waals surface area contributed by atoms with Gasteiger partial charge < -0.3 is 10.6 Å². The van der Waals surface area contributed by atoms with Gasteiger partial charge in [0.05, 0.1) is 6.54 Å². The minimum atomic E-state index is 0.835. The molecule has 2 aromatic rings.